The fraction of sp³-hybridized carbons (Fsp3) is 0.462. The lowest BCUT2D eigenvalue weighted by atomic mass is 10.1. The van der Waals surface area contributed by atoms with Gasteiger partial charge in [-0.3, -0.25) is 14.6 Å². The van der Waals surface area contributed by atoms with Gasteiger partial charge in [-0.15, -0.1) is 0 Å². The number of hydrogen-bond acceptors (Lipinski definition) is 4. The van der Waals surface area contributed by atoms with Crippen molar-refractivity contribution in [3.63, 3.8) is 0 Å². The predicted octanol–water partition coefficient (Wildman–Crippen LogP) is 0.731. The molecule has 0 aliphatic heterocycles. The molecule has 0 aliphatic rings. The number of nitrogens with zero attached hydrogens (tertiary/aromatic N) is 2. The summed E-state index contributed by atoms with van der Waals surface area (Å²) in [6, 6.07) is 5.63. The Morgan fingerprint density at radius 3 is 2.63 bits per heavy atom. The number of likely N-dealkylation sites (N-methyl/N-ethyl adjacent to an activating group) is 1. The van der Waals surface area contributed by atoms with E-state index in [2.05, 4.69) is 4.98 Å². The SMILES string of the molecule is CN(CCc1ccccn1)CC(CC(=O)O)C(=O)O. The molecule has 0 bridgehead atoms. The molecule has 19 heavy (non-hydrogen) atoms. The lowest BCUT2D eigenvalue weighted by Crippen LogP contribution is -2.33. The third-order valence-corrected chi connectivity index (χ3v) is 2.78. The minimum Gasteiger partial charge on any atom is -0.481 e. The number of aliphatic carboxylic acids is 2. The summed E-state index contributed by atoms with van der Waals surface area (Å²) in [5, 5.41) is 17.6. The lowest BCUT2D eigenvalue weighted by Gasteiger charge is -2.20. The van der Waals surface area contributed by atoms with Crippen LogP contribution in [-0.2, 0) is 16.0 Å². The summed E-state index contributed by atoms with van der Waals surface area (Å²) in [5.41, 5.74) is 0.930. The van der Waals surface area contributed by atoms with Crippen LogP contribution in [0.3, 0.4) is 0 Å². The summed E-state index contributed by atoms with van der Waals surface area (Å²) in [5.74, 6) is -3.05. The Bertz CT molecular complexity index is 422. The molecule has 2 N–H and O–H groups in total. The summed E-state index contributed by atoms with van der Waals surface area (Å²) in [6.45, 7) is 0.856. The Hall–Kier alpha value is -1.95. The first-order chi connectivity index (χ1) is 8.99. The van der Waals surface area contributed by atoms with E-state index in [-0.39, 0.29) is 13.0 Å². The maximum atomic E-state index is 10.9. The van der Waals surface area contributed by atoms with Crippen molar-refractivity contribution in [1.82, 2.24) is 9.88 Å². The van der Waals surface area contributed by atoms with E-state index in [0.717, 1.165) is 5.69 Å². The van der Waals surface area contributed by atoms with Crippen LogP contribution >= 0.6 is 0 Å². The smallest absolute Gasteiger partial charge is 0.308 e. The van der Waals surface area contributed by atoms with Crippen molar-refractivity contribution < 1.29 is 19.8 Å². The molecule has 0 saturated carbocycles. The summed E-state index contributed by atoms with van der Waals surface area (Å²) in [7, 11) is 1.78. The molecule has 1 unspecified atom stereocenters. The number of carboxylic acid groups (broad SMARTS) is 2. The topological polar surface area (TPSA) is 90.7 Å². The number of aromatic nitrogens is 1. The van der Waals surface area contributed by atoms with E-state index in [0.29, 0.717) is 13.0 Å². The Morgan fingerprint density at radius 2 is 2.11 bits per heavy atom. The molecular formula is C13H18N2O4. The Kier molecular flexibility index (Phi) is 5.95. The molecule has 0 saturated heterocycles. The van der Waals surface area contributed by atoms with Gasteiger partial charge in [-0.25, -0.2) is 0 Å². The monoisotopic (exact) mass is 266 g/mol. The molecule has 0 aromatic carbocycles. The molecule has 6 nitrogen and oxygen atoms in total. The third kappa shape index (κ3) is 5.96. The van der Waals surface area contributed by atoms with E-state index in [1.165, 1.54) is 0 Å². The summed E-state index contributed by atoms with van der Waals surface area (Å²) < 4.78 is 0. The van der Waals surface area contributed by atoms with Crippen LogP contribution in [-0.4, -0.2) is 52.2 Å². The highest BCUT2D eigenvalue weighted by Crippen LogP contribution is 2.06. The van der Waals surface area contributed by atoms with Crippen molar-refractivity contribution in [2.24, 2.45) is 5.92 Å². The van der Waals surface area contributed by atoms with E-state index in [1.807, 2.05) is 23.1 Å². The fourth-order valence-corrected chi connectivity index (χ4v) is 1.76. The van der Waals surface area contributed by atoms with Gasteiger partial charge in [0.15, 0.2) is 0 Å². The summed E-state index contributed by atoms with van der Waals surface area (Å²) >= 11 is 0. The van der Waals surface area contributed by atoms with Crippen LogP contribution in [0.4, 0.5) is 0 Å². The molecule has 1 aromatic rings. The number of pyridine rings is 1. The normalized spacial score (nSPS) is 12.3. The predicted molar refractivity (Wildman–Crippen MR) is 68.8 cm³/mol. The fourth-order valence-electron chi connectivity index (χ4n) is 1.76. The zero-order valence-electron chi connectivity index (χ0n) is 10.8. The standard InChI is InChI=1S/C13H18N2O4/c1-15(7-5-11-4-2-3-6-14-11)9-10(13(18)19)8-12(16)17/h2-4,6,10H,5,7-9H2,1H3,(H,16,17)(H,18,19). The molecule has 1 aromatic heterocycles. The van der Waals surface area contributed by atoms with Gasteiger partial charge in [-0.2, -0.15) is 0 Å². The van der Waals surface area contributed by atoms with Gasteiger partial charge in [-0.1, -0.05) is 6.07 Å². The first-order valence-electron chi connectivity index (χ1n) is 6.02. The van der Waals surface area contributed by atoms with Crippen LogP contribution in [0, 0.1) is 5.92 Å². The van der Waals surface area contributed by atoms with E-state index in [1.54, 1.807) is 13.2 Å². The molecule has 1 heterocycles. The van der Waals surface area contributed by atoms with Crippen LogP contribution in [0.2, 0.25) is 0 Å². The van der Waals surface area contributed by atoms with Crippen LogP contribution in [0.1, 0.15) is 12.1 Å². The Balaban J connectivity index is 2.42. The Morgan fingerprint density at radius 1 is 1.37 bits per heavy atom. The molecule has 6 heteroatoms. The van der Waals surface area contributed by atoms with Gasteiger partial charge >= 0.3 is 11.9 Å². The van der Waals surface area contributed by atoms with Crippen molar-refractivity contribution in [3.05, 3.63) is 30.1 Å². The average Bonchev–Trinajstić information content (AvgIpc) is 2.36. The van der Waals surface area contributed by atoms with Gasteiger partial charge in [0.05, 0.1) is 12.3 Å². The van der Waals surface area contributed by atoms with Gasteiger partial charge < -0.3 is 15.1 Å². The quantitative estimate of drug-likeness (QED) is 0.721. The van der Waals surface area contributed by atoms with Crippen molar-refractivity contribution >= 4 is 11.9 Å². The minimum atomic E-state index is -1.09. The number of rotatable bonds is 8. The number of carbonyl (C=O) groups is 2. The first kappa shape index (κ1) is 15.1. The number of carboxylic acids is 2. The van der Waals surface area contributed by atoms with Gasteiger partial charge in [0, 0.05) is 31.4 Å². The zero-order valence-corrected chi connectivity index (χ0v) is 10.8. The zero-order chi connectivity index (χ0) is 14.3. The maximum Gasteiger partial charge on any atom is 0.308 e. The first-order valence-corrected chi connectivity index (χ1v) is 6.02. The molecule has 0 spiro atoms. The highest BCUT2D eigenvalue weighted by molar-refractivity contribution is 5.77. The van der Waals surface area contributed by atoms with Crippen molar-refractivity contribution in [1.29, 1.82) is 0 Å². The molecule has 0 radical (unpaired) electrons. The van der Waals surface area contributed by atoms with E-state index in [9.17, 15) is 9.59 Å². The molecule has 1 atom stereocenters. The van der Waals surface area contributed by atoms with Gasteiger partial charge in [0.1, 0.15) is 0 Å². The van der Waals surface area contributed by atoms with E-state index >= 15 is 0 Å². The lowest BCUT2D eigenvalue weighted by molar-refractivity contribution is -0.148. The van der Waals surface area contributed by atoms with E-state index in [4.69, 9.17) is 10.2 Å². The summed E-state index contributed by atoms with van der Waals surface area (Å²) in [6.07, 6.45) is 2.06. The molecule has 0 fully saturated rings. The van der Waals surface area contributed by atoms with Gasteiger partial charge in [0.25, 0.3) is 0 Å². The van der Waals surface area contributed by atoms with Crippen LogP contribution in [0.15, 0.2) is 24.4 Å². The molecule has 0 amide bonds. The Labute approximate surface area is 111 Å². The van der Waals surface area contributed by atoms with Crippen molar-refractivity contribution in [3.8, 4) is 0 Å². The second-order valence-electron chi connectivity index (χ2n) is 4.47. The van der Waals surface area contributed by atoms with E-state index < -0.39 is 17.9 Å². The molecule has 0 aliphatic carbocycles. The largest absolute Gasteiger partial charge is 0.481 e. The number of hydrogen-bond donors (Lipinski definition) is 2. The molecule has 104 valence electrons. The second-order valence-corrected chi connectivity index (χ2v) is 4.47. The highest BCUT2D eigenvalue weighted by atomic mass is 16.4. The van der Waals surface area contributed by atoms with Crippen LogP contribution in [0.25, 0.3) is 0 Å². The molecule has 1 rings (SSSR count). The second kappa shape index (κ2) is 7.48. The minimum absolute atomic E-state index is 0.217. The van der Waals surface area contributed by atoms with Crippen molar-refractivity contribution in [2.75, 3.05) is 20.1 Å². The average molecular weight is 266 g/mol. The van der Waals surface area contributed by atoms with Gasteiger partial charge in [0.2, 0.25) is 0 Å². The van der Waals surface area contributed by atoms with Crippen molar-refractivity contribution in [2.45, 2.75) is 12.8 Å². The van der Waals surface area contributed by atoms with Crippen LogP contribution in [0.5, 0.6) is 0 Å². The summed E-state index contributed by atoms with van der Waals surface area (Å²) in [4.78, 5) is 27.5. The maximum absolute atomic E-state index is 10.9. The van der Waals surface area contributed by atoms with Crippen LogP contribution < -0.4 is 0 Å². The third-order valence-electron chi connectivity index (χ3n) is 2.78. The highest BCUT2D eigenvalue weighted by Gasteiger charge is 2.22. The molecular weight excluding hydrogens is 248 g/mol. The van der Waals surface area contributed by atoms with Gasteiger partial charge in [-0.05, 0) is 19.2 Å².